The van der Waals surface area contributed by atoms with Gasteiger partial charge in [-0.1, -0.05) is 12.1 Å². The molecule has 5 heteroatoms. The zero-order valence-corrected chi connectivity index (χ0v) is 9.20. The first-order chi connectivity index (χ1) is 8.09. The van der Waals surface area contributed by atoms with E-state index in [1.165, 1.54) is 6.07 Å². The Morgan fingerprint density at radius 1 is 1.47 bits per heavy atom. The van der Waals surface area contributed by atoms with Gasteiger partial charge in [-0.25, -0.2) is 4.39 Å². The molecule has 0 radical (unpaired) electrons. The third kappa shape index (κ3) is 2.18. The molecule has 4 nitrogen and oxygen atoms in total. The van der Waals surface area contributed by atoms with Crippen LogP contribution in [0.3, 0.4) is 0 Å². The molecule has 0 amide bonds. The molecule has 0 saturated heterocycles. The maximum Gasteiger partial charge on any atom is 0.307 e. The maximum atomic E-state index is 13.6. The summed E-state index contributed by atoms with van der Waals surface area (Å²) in [4.78, 5) is 10.8. The fourth-order valence-corrected chi connectivity index (χ4v) is 1.70. The molecule has 0 aliphatic carbocycles. The summed E-state index contributed by atoms with van der Waals surface area (Å²) >= 11 is 0. The van der Waals surface area contributed by atoms with Crippen molar-refractivity contribution in [3.63, 3.8) is 0 Å². The van der Waals surface area contributed by atoms with Crippen LogP contribution < -0.4 is 0 Å². The molecule has 1 aromatic heterocycles. The van der Waals surface area contributed by atoms with Crippen LogP contribution >= 0.6 is 0 Å². The summed E-state index contributed by atoms with van der Waals surface area (Å²) in [6, 6.07) is 6.17. The predicted molar refractivity (Wildman–Crippen MR) is 60.1 cm³/mol. The quantitative estimate of drug-likeness (QED) is 0.855. The van der Waals surface area contributed by atoms with E-state index in [1.807, 2.05) is 0 Å². The molecular weight excluding hydrogens is 223 g/mol. The molecule has 2 N–H and O–H groups in total. The number of carboxylic acids is 1. The number of nitrogens with zero attached hydrogens (tertiary/aromatic N) is 1. The summed E-state index contributed by atoms with van der Waals surface area (Å²) < 4.78 is 13.6. The molecule has 0 atom stereocenters. The highest BCUT2D eigenvalue weighted by atomic mass is 19.1. The molecule has 17 heavy (non-hydrogen) atoms. The first-order valence-electron chi connectivity index (χ1n) is 5.10. The van der Waals surface area contributed by atoms with Crippen LogP contribution in [-0.2, 0) is 11.2 Å². The van der Waals surface area contributed by atoms with Crippen molar-refractivity contribution >= 4 is 5.97 Å². The van der Waals surface area contributed by atoms with Crippen LogP contribution in [0.5, 0.6) is 0 Å². The molecule has 2 rings (SSSR count). The van der Waals surface area contributed by atoms with Gasteiger partial charge in [-0.3, -0.25) is 9.89 Å². The molecule has 2 aromatic rings. The van der Waals surface area contributed by atoms with Gasteiger partial charge in [0.15, 0.2) is 0 Å². The highest BCUT2D eigenvalue weighted by Gasteiger charge is 2.17. The molecule has 0 bridgehead atoms. The van der Waals surface area contributed by atoms with Crippen molar-refractivity contribution in [2.24, 2.45) is 0 Å². The van der Waals surface area contributed by atoms with Crippen LogP contribution in [0.2, 0.25) is 0 Å². The minimum Gasteiger partial charge on any atom is -0.481 e. The number of carboxylic acid groups (broad SMARTS) is 1. The first kappa shape index (κ1) is 11.3. The Morgan fingerprint density at radius 3 is 2.82 bits per heavy atom. The first-order valence-corrected chi connectivity index (χ1v) is 5.10. The highest BCUT2D eigenvalue weighted by Crippen LogP contribution is 2.26. The largest absolute Gasteiger partial charge is 0.481 e. The van der Waals surface area contributed by atoms with Crippen LogP contribution in [0.25, 0.3) is 11.3 Å². The minimum atomic E-state index is -0.966. The second-order valence-corrected chi connectivity index (χ2v) is 3.73. The fraction of sp³-hybridized carbons (Fsp3) is 0.167. The van der Waals surface area contributed by atoms with Crippen LogP contribution in [0.1, 0.15) is 11.3 Å². The molecular formula is C12H11FN2O2. The van der Waals surface area contributed by atoms with Crippen LogP contribution in [0.15, 0.2) is 24.3 Å². The van der Waals surface area contributed by atoms with Crippen molar-refractivity contribution in [2.45, 2.75) is 13.3 Å². The predicted octanol–water partition coefficient (Wildman–Crippen LogP) is 2.15. The molecule has 88 valence electrons. The van der Waals surface area contributed by atoms with E-state index in [4.69, 9.17) is 5.11 Å². The number of H-pyrrole nitrogens is 1. The van der Waals surface area contributed by atoms with Crippen molar-refractivity contribution in [3.05, 3.63) is 41.3 Å². The summed E-state index contributed by atoms with van der Waals surface area (Å²) in [6.07, 6.45) is -0.175. The average molecular weight is 234 g/mol. The molecule has 0 unspecified atom stereocenters. The Morgan fingerprint density at radius 2 is 2.18 bits per heavy atom. The number of carbonyl (C=O) groups is 1. The van der Waals surface area contributed by atoms with E-state index in [9.17, 15) is 9.18 Å². The van der Waals surface area contributed by atoms with Gasteiger partial charge >= 0.3 is 5.97 Å². The Kier molecular flexibility index (Phi) is 2.91. The number of rotatable bonds is 3. The Hall–Kier alpha value is -2.17. The Bertz CT molecular complexity index is 563. The van der Waals surface area contributed by atoms with E-state index >= 15 is 0 Å². The molecule has 0 saturated carbocycles. The monoisotopic (exact) mass is 234 g/mol. The maximum absolute atomic E-state index is 13.6. The van der Waals surface area contributed by atoms with E-state index in [1.54, 1.807) is 25.1 Å². The highest BCUT2D eigenvalue weighted by molar-refractivity contribution is 5.75. The van der Waals surface area contributed by atoms with Crippen LogP contribution in [0.4, 0.5) is 4.39 Å². The molecule has 0 spiro atoms. The van der Waals surface area contributed by atoms with Gasteiger partial charge in [0.1, 0.15) is 5.82 Å². The third-order valence-electron chi connectivity index (χ3n) is 2.53. The fourth-order valence-electron chi connectivity index (χ4n) is 1.70. The normalized spacial score (nSPS) is 10.5. The van der Waals surface area contributed by atoms with Crippen molar-refractivity contribution in [2.75, 3.05) is 0 Å². The lowest BCUT2D eigenvalue weighted by Crippen LogP contribution is -2.02. The zero-order valence-electron chi connectivity index (χ0n) is 9.20. The summed E-state index contributed by atoms with van der Waals surface area (Å²) in [7, 11) is 0. The van der Waals surface area contributed by atoms with Gasteiger partial charge in [-0.2, -0.15) is 5.10 Å². The lowest BCUT2D eigenvalue weighted by molar-refractivity contribution is -0.136. The standard InChI is InChI=1S/C12H11FN2O2/c1-7-9(6-11(16)17)12(15-14-7)8-4-2-3-5-10(8)13/h2-5H,6H2,1H3,(H,14,15)(H,16,17). The lowest BCUT2D eigenvalue weighted by Gasteiger charge is -2.02. The Labute approximate surface area is 97.1 Å². The van der Waals surface area contributed by atoms with Crippen LogP contribution in [0, 0.1) is 12.7 Å². The van der Waals surface area contributed by atoms with Crippen LogP contribution in [-0.4, -0.2) is 21.3 Å². The number of halogens is 1. The molecule has 0 aliphatic heterocycles. The second-order valence-electron chi connectivity index (χ2n) is 3.73. The van der Waals surface area contributed by atoms with Gasteiger partial charge in [-0.15, -0.1) is 0 Å². The van der Waals surface area contributed by atoms with Crippen molar-refractivity contribution in [3.8, 4) is 11.3 Å². The number of nitrogens with one attached hydrogen (secondary N) is 1. The molecule has 0 aliphatic rings. The topological polar surface area (TPSA) is 66.0 Å². The number of hydrogen-bond donors (Lipinski definition) is 2. The second kappa shape index (κ2) is 4.37. The minimum absolute atomic E-state index is 0.175. The zero-order chi connectivity index (χ0) is 12.4. The van der Waals surface area contributed by atoms with Crippen molar-refractivity contribution in [1.29, 1.82) is 0 Å². The number of aromatic nitrogens is 2. The summed E-state index contributed by atoms with van der Waals surface area (Å²) in [5.41, 5.74) is 1.84. The SMILES string of the molecule is Cc1[nH]nc(-c2ccccc2F)c1CC(=O)O. The van der Waals surface area contributed by atoms with Gasteiger partial charge in [0.2, 0.25) is 0 Å². The number of aliphatic carboxylic acids is 1. The number of benzene rings is 1. The number of hydrogen-bond acceptors (Lipinski definition) is 2. The molecule has 0 fully saturated rings. The van der Waals surface area contributed by atoms with Crippen molar-refractivity contribution in [1.82, 2.24) is 10.2 Å². The van der Waals surface area contributed by atoms with Gasteiger partial charge in [-0.05, 0) is 19.1 Å². The summed E-state index contributed by atoms with van der Waals surface area (Å²) in [6.45, 7) is 1.72. The number of aryl methyl sites for hydroxylation is 1. The molecule has 1 aromatic carbocycles. The third-order valence-corrected chi connectivity index (χ3v) is 2.53. The smallest absolute Gasteiger partial charge is 0.307 e. The summed E-state index contributed by atoms with van der Waals surface area (Å²) in [5.74, 6) is -1.38. The van der Waals surface area contributed by atoms with E-state index in [-0.39, 0.29) is 6.42 Å². The lowest BCUT2D eigenvalue weighted by atomic mass is 10.0. The van der Waals surface area contributed by atoms with Crippen molar-refractivity contribution < 1.29 is 14.3 Å². The van der Waals surface area contributed by atoms with E-state index in [0.717, 1.165) is 0 Å². The van der Waals surface area contributed by atoms with Gasteiger partial charge in [0.25, 0.3) is 0 Å². The summed E-state index contributed by atoms with van der Waals surface area (Å²) in [5, 5.41) is 15.5. The Balaban J connectivity index is 2.53. The van der Waals surface area contributed by atoms with Gasteiger partial charge < -0.3 is 5.11 Å². The van der Waals surface area contributed by atoms with Gasteiger partial charge in [0, 0.05) is 16.8 Å². The van der Waals surface area contributed by atoms with E-state index in [0.29, 0.717) is 22.5 Å². The van der Waals surface area contributed by atoms with E-state index < -0.39 is 11.8 Å². The van der Waals surface area contributed by atoms with E-state index in [2.05, 4.69) is 10.2 Å². The van der Waals surface area contributed by atoms with Gasteiger partial charge in [0.05, 0.1) is 12.1 Å². The average Bonchev–Trinajstić information content (AvgIpc) is 2.61. The molecule has 1 heterocycles. The number of aromatic amines is 1.